The van der Waals surface area contributed by atoms with E-state index in [4.69, 9.17) is 0 Å². The molecule has 0 aliphatic carbocycles. The van der Waals surface area contributed by atoms with Crippen LogP contribution in [0, 0.1) is 0 Å². The molecule has 0 bridgehead atoms. The highest BCUT2D eigenvalue weighted by atomic mass is 79.9. The van der Waals surface area contributed by atoms with Crippen LogP contribution in [0.2, 0.25) is 0 Å². The second-order valence-electron chi connectivity index (χ2n) is 4.37. The first-order valence-electron chi connectivity index (χ1n) is 5.49. The minimum Gasteiger partial charge on any atom is -0.335 e. The van der Waals surface area contributed by atoms with E-state index in [2.05, 4.69) is 26.2 Å². The van der Waals surface area contributed by atoms with E-state index in [1.54, 1.807) is 0 Å². The minimum absolute atomic E-state index is 0.0713. The summed E-state index contributed by atoms with van der Waals surface area (Å²) < 4.78 is 23.9. The van der Waals surface area contributed by atoms with E-state index >= 15 is 0 Å². The molecule has 0 unspecified atom stereocenters. The van der Waals surface area contributed by atoms with Gasteiger partial charge >= 0.3 is 0 Å². The van der Waals surface area contributed by atoms with E-state index in [-0.39, 0.29) is 22.8 Å². The van der Waals surface area contributed by atoms with Gasteiger partial charge in [-0.25, -0.2) is 8.42 Å². The molecule has 18 heavy (non-hydrogen) atoms. The van der Waals surface area contributed by atoms with E-state index in [0.717, 1.165) is 15.3 Å². The van der Waals surface area contributed by atoms with Crippen molar-refractivity contribution in [2.75, 3.05) is 16.8 Å². The number of amidine groups is 1. The van der Waals surface area contributed by atoms with E-state index in [1.165, 1.54) is 11.8 Å². The molecule has 2 aliphatic rings. The highest BCUT2D eigenvalue weighted by Gasteiger charge is 2.42. The van der Waals surface area contributed by atoms with Crippen LogP contribution in [-0.2, 0) is 9.84 Å². The van der Waals surface area contributed by atoms with E-state index in [1.807, 2.05) is 24.3 Å². The molecule has 1 aromatic carbocycles. The quantitative estimate of drug-likeness (QED) is 0.846. The number of benzene rings is 1. The van der Waals surface area contributed by atoms with Crippen LogP contribution in [0.15, 0.2) is 33.7 Å². The van der Waals surface area contributed by atoms with Crippen LogP contribution in [0.1, 0.15) is 0 Å². The molecule has 7 heteroatoms. The number of hydrogen-bond donors (Lipinski definition) is 1. The van der Waals surface area contributed by atoms with Crippen LogP contribution in [0.25, 0.3) is 0 Å². The largest absolute Gasteiger partial charge is 0.335 e. The molecular weight excluding hydrogens is 336 g/mol. The molecule has 4 nitrogen and oxygen atoms in total. The number of hydrogen-bond acceptors (Lipinski definition) is 5. The van der Waals surface area contributed by atoms with Crippen molar-refractivity contribution >= 4 is 48.4 Å². The average molecular weight is 347 g/mol. The molecule has 0 saturated carbocycles. The number of fused-ring (bicyclic) bond motifs is 1. The smallest absolute Gasteiger partial charge is 0.161 e. The Labute approximate surface area is 118 Å². The molecule has 2 aliphatic heterocycles. The average Bonchev–Trinajstić information content (AvgIpc) is 2.74. The van der Waals surface area contributed by atoms with Crippen LogP contribution in [-0.4, -0.2) is 36.4 Å². The van der Waals surface area contributed by atoms with E-state index in [9.17, 15) is 8.42 Å². The lowest BCUT2D eigenvalue weighted by Gasteiger charge is -2.06. The first-order valence-corrected chi connectivity index (χ1v) is 8.99. The Morgan fingerprint density at radius 1 is 1.28 bits per heavy atom. The fourth-order valence-corrected chi connectivity index (χ4v) is 6.01. The van der Waals surface area contributed by atoms with Gasteiger partial charge in [0, 0.05) is 15.4 Å². The molecule has 3 rings (SSSR count). The highest BCUT2D eigenvalue weighted by molar-refractivity contribution is 9.10. The summed E-state index contributed by atoms with van der Waals surface area (Å²) in [6, 6.07) is 7.75. The fourth-order valence-electron chi connectivity index (χ4n) is 2.07. The monoisotopic (exact) mass is 346 g/mol. The Hall–Kier alpha value is -0.530. The molecule has 1 aromatic rings. The lowest BCUT2D eigenvalue weighted by molar-refractivity contribution is 0.601. The lowest BCUT2D eigenvalue weighted by atomic mass is 10.3. The summed E-state index contributed by atoms with van der Waals surface area (Å²) in [4.78, 5) is 4.44. The second kappa shape index (κ2) is 4.54. The van der Waals surface area contributed by atoms with Crippen LogP contribution in [0.3, 0.4) is 0 Å². The van der Waals surface area contributed by atoms with Gasteiger partial charge in [-0.05, 0) is 24.3 Å². The lowest BCUT2D eigenvalue weighted by Crippen LogP contribution is -2.13. The Kier molecular flexibility index (Phi) is 3.15. The van der Waals surface area contributed by atoms with Crippen molar-refractivity contribution < 1.29 is 8.42 Å². The number of nitrogens with zero attached hydrogens (tertiary/aromatic N) is 1. The topological polar surface area (TPSA) is 58.5 Å². The van der Waals surface area contributed by atoms with Crippen molar-refractivity contribution in [1.82, 2.24) is 0 Å². The summed E-state index contributed by atoms with van der Waals surface area (Å²) in [7, 11) is -2.87. The Balaban J connectivity index is 1.71. The van der Waals surface area contributed by atoms with Gasteiger partial charge in [0.05, 0.1) is 17.5 Å². The summed E-state index contributed by atoms with van der Waals surface area (Å²) in [6.07, 6.45) is 0. The van der Waals surface area contributed by atoms with Crippen molar-refractivity contribution in [1.29, 1.82) is 0 Å². The molecule has 96 valence electrons. The Bertz CT molecular complexity index is 598. The van der Waals surface area contributed by atoms with Crippen molar-refractivity contribution in [2.24, 2.45) is 4.99 Å². The molecule has 1 saturated heterocycles. The van der Waals surface area contributed by atoms with Gasteiger partial charge in [0.2, 0.25) is 0 Å². The Morgan fingerprint density at radius 3 is 2.67 bits per heavy atom. The van der Waals surface area contributed by atoms with Crippen molar-refractivity contribution in [2.45, 2.75) is 11.3 Å². The van der Waals surface area contributed by atoms with Gasteiger partial charge in [-0.3, -0.25) is 4.99 Å². The predicted octanol–water partition coefficient (Wildman–Crippen LogP) is 2.13. The van der Waals surface area contributed by atoms with Gasteiger partial charge in [0.15, 0.2) is 15.0 Å². The van der Waals surface area contributed by atoms with Crippen molar-refractivity contribution in [3.8, 4) is 0 Å². The van der Waals surface area contributed by atoms with Crippen molar-refractivity contribution in [3.63, 3.8) is 0 Å². The van der Waals surface area contributed by atoms with Crippen LogP contribution < -0.4 is 5.32 Å². The highest BCUT2D eigenvalue weighted by Crippen LogP contribution is 2.34. The van der Waals surface area contributed by atoms with Gasteiger partial charge in [0.1, 0.15) is 0 Å². The number of anilines is 1. The zero-order valence-corrected chi connectivity index (χ0v) is 12.6. The molecule has 1 N–H and O–H groups in total. The normalized spacial score (nSPS) is 28.8. The van der Waals surface area contributed by atoms with Crippen molar-refractivity contribution in [3.05, 3.63) is 28.7 Å². The van der Waals surface area contributed by atoms with E-state index in [0.29, 0.717) is 0 Å². The summed E-state index contributed by atoms with van der Waals surface area (Å²) in [5.41, 5.74) is 0.965. The third kappa shape index (κ3) is 2.57. The number of halogens is 1. The number of thioether (sulfide) groups is 1. The van der Waals surface area contributed by atoms with Gasteiger partial charge in [-0.2, -0.15) is 0 Å². The number of sulfone groups is 1. The summed E-state index contributed by atoms with van der Waals surface area (Å²) >= 11 is 4.91. The zero-order valence-electron chi connectivity index (χ0n) is 9.34. The summed E-state index contributed by atoms with van der Waals surface area (Å²) in [5, 5.41) is 4.13. The maximum absolute atomic E-state index is 11.4. The van der Waals surface area contributed by atoms with Gasteiger partial charge < -0.3 is 5.32 Å². The summed E-state index contributed by atoms with van der Waals surface area (Å²) in [5.74, 6) is 0.438. The predicted molar refractivity (Wildman–Crippen MR) is 79.0 cm³/mol. The molecule has 0 radical (unpaired) electrons. The Morgan fingerprint density at radius 2 is 2.00 bits per heavy atom. The second-order valence-corrected chi connectivity index (χ2v) is 8.66. The molecule has 0 spiro atoms. The van der Waals surface area contributed by atoms with Crippen LogP contribution >= 0.6 is 27.7 Å². The molecule has 2 atom stereocenters. The SMILES string of the molecule is O=S1(=O)C[C@H]2N=C(Nc3ccc(Br)cc3)S[C@@H]2C1. The first kappa shape index (κ1) is 12.5. The van der Waals surface area contributed by atoms with Gasteiger partial charge in [0.25, 0.3) is 0 Å². The number of nitrogens with one attached hydrogen (secondary N) is 1. The number of aliphatic imine (C=N–C) groups is 1. The standard InChI is InChI=1S/C11H11BrN2O2S2/c12-7-1-3-8(4-2-7)13-11-14-9-5-18(15,16)6-10(9)17-11/h1-4,9-10H,5-6H2,(H,13,14)/t9-,10-/m1/s1. The van der Waals surface area contributed by atoms with Crippen LogP contribution in [0.4, 0.5) is 5.69 Å². The minimum atomic E-state index is -2.87. The molecule has 0 amide bonds. The summed E-state index contributed by atoms with van der Waals surface area (Å²) in [6.45, 7) is 0. The number of rotatable bonds is 1. The first-order chi connectivity index (χ1) is 8.52. The maximum Gasteiger partial charge on any atom is 0.161 e. The molecule has 2 heterocycles. The van der Waals surface area contributed by atoms with E-state index < -0.39 is 9.84 Å². The molecule has 1 fully saturated rings. The fraction of sp³-hybridized carbons (Fsp3) is 0.364. The van der Waals surface area contributed by atoms with Gasteiger partial charge in [-0.1, -0.05) is 27.7 Å². The third-order valence-corrected chi connectivity index (χ3v) is 6.58. The molecule has 0 aromatic heterocycles. The molecular formula is C11H11BrN2O2S2. The zero-order chi connectivity index (χ0) is 12.8. The van der Waals surface area contributed by atoms with Crippen LogP contribution in [0.5, 0.6) is 0 Å². The maximum atomic E-state index is 11.4. The third-order valence-electron chi connectivity index (χ3n) is 2.91. The van der Waals surface area contributed by atoms with Gasteiger partial charge in [-0.15, -0.1) is 0 Å².